The van der Waals surface area contributed by atoms with Crippen molar-refractivity contribution in [3.8, 4) is 0 Å². The van der Waals surface area contributed by atoms with Crippen LogP contribution < -0.4 is 5.32 Å². The summed E-state index contributed by atoms with van der Waals surface area (Å²) in [5.41, 5.74) is 0. The van der Waals surface area contributed by atoms with Crippen LogP contribution in [0.4, 0.5) is 0 Å². The van der Waals surface area contributed by atoms with Gasteiger partial charge in [-0.05, 0) is 36.7 Å². The van der Waals surface area contributed by atoms with Crippen molar-refractivity contribution in [1.82, 2.24) is 10.2 Å². The van der Waals surface area contributed by atoms with E-state index in [1.165, 1.54) is 0 Å². The molecule has 0 aromatic carbocycles. The van der Waals surface area contributed by atoms with E-state index < -0.39 is 0 Å². The third-order valence-corrected chi connectivity index (χ3v) is 4.55. The van der Waals surface area contributed by atoms with E-state index >= 15 is 0 Å². The van der Waals surface area contributed by atoms with Gasteiger partial charge in [0.05, 0.1) is 0 Å². The van der Waals surface area contributed by atoms with Crippen LogP contribution in [0.3, 0.4) is 0 Å². The van der Waals surface area contributed by atoms with Gasteiger partial charge >= 0.3 is 0 Å². The van der Waals surface area contributed by atoms with E-state index in [4.69, 9.17) is 0 Å². The van der Waals surface area contributed by atoms with Gasteiger partial charge in [0.2, 0.25) is 11.8 Å². The van der Waals surface area contributed by atoms with Crippen molar-refractivity contribution in [2.45, 2.75) is 59.0 Å². The first-order valence-electron chi connectivity index (χ1n) is 7.69. The zero-order chi connectivity index (χ0) is 15.1. The maximum atomic E-state index is 12.5. The Hall–Kier alpha value is -0.710. The largest absolute Gasteiger partial charge is 0.342 e. The van der Waals surface area contributed by atoms with E-state index in [0.717, 1.165) is 24.3 Å². The summed E-state index contributed by atoms with van der Waals surface area (Å²) in [5, 5.41) is 2.89. The second-order valence-electron chi connectivity index (χ2n) is 5.70. The first-order valence-corrected chi connectivity index (χ1v) is 8.85. The number of rotatable bonds is 8. The molecule has 0 aliphatic carbocycles. The molecule has 1 rings (SSSR count). The maximum Gasteiger partial charge on any atom is 0.245 e. The van der Waals surface area contributed by atoms with Gasteiger partial charge in [-0.2, -0.15) is 11.8 Å². The van der Waals surface area contributed by atoms with Gasteiger partial charge in [-0.1, -0.05) is 27.7 Å². The molecule has 4 nitrogen and oxygen atoms in total. The molecule has 116 valence electrons. The highest BCUT2D eigenvalue weighted by molar-refractivity contribution is 7.99. The average molecular weight is 300 g/mol. The van der Waals surface area contributed by atoms with Crippen LogP contribution in [0.2, 0.25) is 0 Å². The predicted molar refractivity (Wildman–Crippen MR) is 84.8 cm³/mol. The molecule has 0 aromatic heterocycles. The molecule has 1 aliphatic heterocycles. The molecule has 20 heavy (non-hydrogen) atoms. The number of carbonyl (C=O) groups excluding carboxylic acids is 2. The summed E-state index contributed by atoms with van der Waals surface area (Å²) in [4.78, 5) is 26.5. The third-order valence-electron chi connectivity index (χ3n) is 3.56. The average Bonchev–Trinajstić information content (AvgIpc) is 2.39. The van der Waals surface area contributed by atoms with Gasteiger partial charge in [0.25, 0.3) is 0 Å². The highest BCUT2D eigenvalue weighted by Crippen LogP contribution is 2.18. The molecule has 5 heteroatoms. The summed E-state index contributed by atoms with van der Waals surface area (Å²) in [7, 11) is 0. The summed E-state index contributed by atoms with van der Waals surface area (Å²) in [6, 6.07) is -0.610. The van der Waals surface area contributed by atoms with E-state index in [2.05, 4.69) is 26.1 Å². The topological polar surface area (TPSA) is 49.4 Å². The molecule has 1 heterocycles. The quantitative estimate of drug-likeness (QED) is 0.700. The van der Waals surface area contributed by atoms with Gasteiger partial charge in [-0.15, -0.1) is 0 Å². The Morgan fingerprint density at radius 1 is 1.30 bits per heavy atom. The third kappa shape index (κ3) is 4.69. The molecule has 0 radical (unpaired) electrons. The molecule has 1 fully saturated rings. The van der Waals surface area contributed by atoms with Gasteiger partial charge in [0, 0.05) is 6.54 Å². The van der Waals surface area contributed by atoms with Gasteiger partial charge < -0.3 is 10.2 Å². The van der Waals surface area contributed by atoms with Crippen LogP contribution in [0.1, 0.15) is 47.0 Å². The second-order valence-corrected chi connectivity index (χ2v) is 7.09. The van der Waals surface area contributed by atoms with Crippen LogP contribution in [0, 0.1) is 5.92 Å². The molecule has 1 saturated heterocycles. The Morgan fingerprint density at radius 2 is 2.00 bits per heavy atom. The van der Waals surface area contributed by atoms with Gasteiger partial charge in [0.1, 0.15) is 12.1 Å². The lowest BCUT2D eigenvalue weighted by Crippen LogP contribution is -2.63. The molecular formula is C15H28N2O2S. The molecule has 0 bridgehead atoms. The zero-order valence-corrected chi connectivity index (χ0v) is 14.0. The van der Waals surface area contributed by atoms with Crippen LogP contribution in [0.5, 0.6) is 0 Å². The number of nitrogens with zero attached hydrogens (tertiary/aromatic N) is 1. The molecule has 2 atom stereocenters. The van der Waals surface area contributed by atoms with E-state index in [1.54, 1.807) is 0 Å². The van der Waals surface area contributed by atoms with Crippen molar-refractivity contribution in [2.75, 3.05) is 18.1 Å². The van der Waals surface area contributed by atoms with Crippen molar-refractivity contribution in [3.05, 3.63) is 0 Å². The van der Waals surface area contributed by atoms with E-state index in [9.17, 15) is 9.59 Å². The zero-order valence-electron chi connectivity index (χ0n) is 13.1. The highest BCUT2D eigenvalue weighted by Gasteiger charge is 2.39. The number of amides is 2. The standard InChI is InChI=1S/C15H28N2O2S/c1-5-13-14(18)16-12(10-11(3)4)15(19)17(13)8-7-9-20-6-2/h11-13H,5-10H2,1-4H3,(H,16,18). The lowest BCUT2D eigenvalue weighted by atomic mass is 9.97. The maximum absolute atomic E-state index is 12.5. The van der Waals surface area contributed by atoms with Crippen molar-refractivity contribution < 1.29 is 9.59 Å². The van der Waals surface area contributed by atoms with Crippen molar-refractivity contribution >= 4 is 23.6 Å². The van der Waals surface area contributed by atoms with Crippen LogP contribution in [-0.4, -0.2) is 46.8 Å². The Labute approximate surface area is 127 Å². The number of hydrogen-bond donors (Lipinski definition) is 1. The number of nitrogens with one attached hydrogen (secondary N) is 1. The smallest absolute Gasteiger partial charge is 0.245 e. The summed E-state index contributed by atoms with van der Waals surface area (Å²) in [6.45, 7) is 8.96. The minimum absolute atomic E-state index is 0.0147. The first-order chi connectivity index (χ1) is 9.51. The Bertz CT molecular complexity index is 334. The summed E-state index contributed by atoms with van der Waals surface area (Å²) in [5.74, 6) is 2.67. The normalized spacial score (nSPS) is 23.4. The second kappa shape index (κ2) is 8.55. The van der Waals surface area contributed by atoms with Crippen LogP contribution >= 0.6 is 11.8 Å². The highest BCUT2D eigenvalue weighted by atomic mass is 32.2. The summed E-state index contributed by atoms with van der Waals surface area (Å²) >= 11 is 1.88. The fraction of sp³-hybridized carbons (Fsp3) is 0.867. The Morgan fingerprint density at radius 3 is 2.55 bits per heavy atom. The van der Waals surface area contributed by atoms with Gasteiger partial charge in [-0.25, -0.2) is 0 Å². The molecule has 2 amide bonds. The molecule has 1 aliphatic rings. The fourth-order valence-corrected chi connectivity index (χ4v) is 3.23. The minimum atomic E-state index is -0.330. The number of piperazine rings is 1. The van der Waals surface area contributed by atoms with Crippen LogP contribution in [-0.2, 0) is 9.59 Å². The predicted octanol–water partition coefficient (Wildman–Crippen LogP) is 2.28. The lowest BCUT2D eigenvalue weighted by molar-refractivity contribution is -0.149. The van der Waals surface area contributed by atoms with Crippen molar-refractivity contribution in [2.24, 2.45) is 5.92 Å². The monoisotopic (exact) mass is 300 g/mol. The van der Waals surface area contributed by atoms with Crippen molar-refractivity contribution in [3.63, 3.8) is 0 Å². The van der Waals surface area contributed by atoms with Crippen LogP contribution in [0.15, 0.2) is 0 Å². The minimum Gasteiger partial charge on any atom is -0.342 e. The number of thioether (sulfide) groups is 1. The fourth-order valence-electron chi connectivity index (χ4n) is 2.61. The molecule has 0 saturated carbocycles. The summed E-state index contributed by atoms with van der Waals surface area (Å²) < 4.78 is 0. The SMILES string of the molecule is CCSCCCN1C(=O)C(CC(C)C)NC(=O)C1CC. The number of carbonyl (C=O) groups is 2. The molecule has 0 aromatic rings. The molecule has 2 unspecified atom stereocenters. The molecular weight excluding hydrogens is 272 g/mol. The van der Waals surface area contributed by atoms with Crippen LogP contribution in [0.25, 0.3) is 0 Å². The molecule has 1 N–H and O–H groups in total. The van der Waals surface area contributed by atoms with Crippen molar-refractivity contribution in [1.29, 1.82) is 0 Å². The Balaban J connectivity index is 2.67. The summed E-state index contributed by atoms with van der Waals surface area (Å²) in [6.07, 6.45) is 2.37. The van der Waals surface area contributed by atoms with E-state index in [-0.39, 0.29) is 23.9 Å². The van der Waals surface area contributed by atoms with E-state index in [0.29, 0.717) is 18.9 Å². The molecule has 0 spiro atoms. The van der Waals surface area contributed by atoms with Gasteiger partial charge in [-0.3, -0.25) is 9.59 Å². The lowest BCUT2D eigenvalue weighted by Gasteiger charge is -2.39. The number of hydrogen-bond acceptors (Lipinski definition) is 3. The first kappa shape index (κ1) is 17.3. The Kier molecular flexibility index (Phi) is 7.41. The van der Waals surface area contributed by atoms with E-state index in [1.807, 2.05) is 23.6 Å². The van der Waals surface area contributed by atoms with Gasteiger partial charge in [0.15, 0.2) is 0 Å².